The average molecular weight is 317 g/mol. The summed E-state index contributed by atoms with van der Waals surface area (Å²) in [6, 6.07) is 6.76. The van der Waals surface area contributed by atoms with Gasteiger partial charge in [-0.2, -0.15) is 0 Å². The molecule has 0 saturated heterocycles. The number of hydrogen-bond acceptors (Lipinski definition) is 4. The van der Waals surface area contributed by atoms with Crippen LogP contribution in [0.3, 0.4) is 0 Å². The maximum Gasteiger partial charge on any atom is 0.216 e. The van der Waals surface area contributed by atoms with E-state index in [1.165, 1.54) is 11.3 Å². The van der Waals surface area contributed by atoms with Gasteiger partial charge >= 0.3 is 0 Å². The second kappa shape index (κ2) is 6.00. The first kappa shape index (κ1) is 14.5. The molecule has 0 aliphatic rings. The van der Waals surface area contributed by atoms with Crippen LogP contribution in [0.5, 0.6) is 0 Å². The van der Waals surface area contributed by atoms with Crippen LogP contribution in [-0.2, 0) is 22.3 Å². The number of hydrogen-bond donors (Lipinski definition) is 1. The zero-order valence-corrected chi connectivity index (χ0v) is 12.6. The van der Waals surface area contributed by atoms with Crippen molar-refractivity contribution in [3.63, 3.8) is 0 Å². The molecule has 1 N–H and O–H groups in total. The van der Waals surface area contributed by atoms with Crippen LogP contribution >= 0.6 is 22.9 Å². The molecule has 0 fully saturated rings. The smallest absolute Gasteiger partial charge is 0.216 e. The van der Waals surface area contributed by atoms with E-state index >= 15 is 0 Å². The molecule has 0 radical (unpaired) electrons. The fourth-order valence-electron chi connectivity index (χ4n) is 1.51. The van der Waals surface area contributed by atoms with Crippen LogP contribution < -0.4 is 4.72 Å². The Balaban J connectivity index is 1.97. The predicted octanol–water partition coefficient (Wildman–Crippen LogP) is 2.72. The van der Waals surface area contributed by atoms with Gasteiger partial charge in [-0.15, -0.1) is 11.3 Å². The highest BCUT2D eigenvalue weighted by Crippen LogP contribution is 2.13. The summed E-state index contributed by atoms with van der Waals surface area (Å²) in [4.78, 5) is 5.17. The number of aryl methyl sites for hydroxylation is 1. The van der Waals surface area contributed by atoms with E-state index < -0.39 is 10.0 Å². The van der Waals surface area contributed by atoms with Gasteiger partial charge < -0.3 is 0 Å². The summed E-state index contributed by atoms with van der Waals surface area (Å²) in [5.74, 6) is -0.0610. The van der Waals surface area contributed by atoms with Crippen molar-refractivity contribution in [3.05, 3.63) is 50.9 Å². The number of rotatable bonds is 5. The first-order valence-corrected chi connectivity index (χ1v) is 8.42. The second-order valence-electron chi connectivity index (χ2n) is 4.07. The largest absolute Gasteiger partial charge is 0.248 e. The molecule has 19 heavy (non-hydrogen) atoms. The van der Waals surface area contributed by atoms with Crippen LogP contribution in [0.4, 0.5) is 0 Å². The quantitative estimate of drug-likeness (QED) is 0.922. The Kier molecular flexibility index (Phi) is 4.57. The molecule has 4 nitrogen and oxygen atoms in total. The number of sulfonamides is 1. The van der Waals surface area contributed by atoms with Gasteiger partial charge in [-0.05, 0) is 24.6 Å². The molecule has 0 unspecified atom stereocenters. The molecule has 7 heteroatoms. The lowest BCUT2D eigenvalue weighted by atomic mass is 10.2. The number of nitrogens with zero attached hydrogens (tertiary/aromatic N) is 1. The minimum absolute atomic E-state index is 0.0610. The van der Waals surface area contributed by atoms with Crippen LogP contribution in [0.1, 0.15) is 15.4 Å². The van der Waals surface area contributed by atoms with Gasteiger partial charge in [0.25, 0.3) is 0 Å². The highest BCUT2D eigenvalue weighted by atomic mass is 35.5. The normalized spacial score (nSPS) is 11.7. The molecule has 1 aromatic heterocycles. The summed E-state index contributed by atoms with van der Waals surface area (Å²) in [7, 11) is -3.36. The van der Waals surface area contributed by atoms with Gasteiger partial charge in [0.2, 0.25) is 10.0 Å². The second-order valence-corrected chi connectivity index (χ2v) is 7.63. The summed E-state index contributed by atoms with van der Waals surface area (Å²) >= 11 is 7.24. The fourth-order valence-corrected chi connectivity index (χ4v) is 3.54. The zero-order valence-electron chi connectivity index (χ0n) is 10.3. The van der Waals surface area contributed by atoms with Crippen LogP contribution in [0.25, 0.3) is 0 Å². The van der Waals surface area contributed by atoms with E-state index in [-0.39, 0.29) is 12.3 Å². The summed E-state index contributed by atoms with van der Waals surface area (Å²) in [5, 5.41) is 1.35. The summed E-state index contributed by atoms with van der Waals surface area (Å²) in [6.45, 7) is 2.16. The van der Waals surface area contributed by atoms with Crippen molar-refractivity contribution >= 4 is 33.0 Å². The maximum atomic E-state index is 11.9. The number of thiazole rings is 1. The molecule has 0 amide bonds. The standard InChI is InChI=1S/C12H13ClN2O2S2/c1-9-6-14-12(18-9)7-15-19(16,17)8-10-2-4-11(13)5-3-10/h2-6,15H,7-8H2,1H3. The lowest BCUT2D eigenvalue weighted by Gasteiger charge is -2.05. The molecule has 1 heterocycles. The molecular formula is C12H13ClN2O2S2. The molecule has 1 aromatic carbocycles. The Morgan fingerprint density at radius 2 is 2.00 bits per heavy atom. The average Bonchev–Trinajstić information content (AvgIpc) is 2.76. The van der Waals surface area contributed by atoms with Gasteiger partial charge in [-0.1, -0.05) is 23.7 Å². The van der Waals surface area contributed by atoms with Gasteiger partial charge in [-0.3, -0.25) is 0 Å². The van der Waals surface area contributed by atoms with E-state index in [0.717, 1.165) is 9.88 Å². The Labute approximate surface area is 121 Å². The molecule has 0 bridgehead atoms. The lowest BCUT2D eigenvalue weighted by molar-refractivity contribution is 0.580. The van der Waals surface area contributed by atoms with Crippen molar-refractivity contribution in [1.29, 1.82) is 0 Å². The van der Waals surface area contributed by atoms with Crippen LogP contribution in [-0.4, -0.2) is 13.4 Å². The topological polar surface area (TPSA) is 59.1 Å². The van der Waals surface area contributed by atoms with Crippen LogP contribution in [0.2, 0.25) is 5.02 Å². The summed E-state index contributed by atoms with van der Waals surface area (Å²) in [5.41, 5.74) is 0.701. The third-order valence-corrected chi connectivity index (χ3v) is 4.84. The van der Waals surface area contributed by atoms with Gasteiger partial charge in [0.15, 0.2) is 0 Å². The van der Waals surface area contributed by atoms with E-state index in [2.05, 4.69) is 9.71 Å². The first-order valence-electron chi connectivity index (χ1n) is 5.58. The third-order valence-electron chi connectivity index (χ3n) is 2.38. The predicted molar refractivity (Wildman–Crippen MR) is 77.8 cm³/mol. The number of benzene rings is 1. The Hall–Kier alpha value is -0.950. The van der Waals surface area contributed by atoms with Gasteiger partial charge in [0, 0.05) is 16.1 Å². The Morgan fingerprint density at radius 1 is 1.32 bits per heavy atom. The molecular weight excluding hydrogens is 304 g/mol. The molecule has 0 saturated carbocycles. The number of nitrogens with one attached hydrogen (secondary N) is 1. The molecule has 102 valence electrons. The highest BCUT2D eigenvalue weighted by Gasteiger charge is 2.12. The van der Waals surface area contributed by atoms with E-state index in [1.54, 1.807) is 30.5 Å². The van der Waals surface area contributed by atoms with E-state index in [0.29, 0.717) is 10.6 Å². The Bertz CT molecular complexity index is 651. The van der Waals surface area contributed by atoms with Crippen LogP contribution in [0, 0.1) is 6.92 Å². The van der Waals surface area contributed by atoms with Crippen molar-refractivity contribution < 1.29 is 8.42 Å². The third kappa shape index (κ3) is 4.58. The molecule has 0 aliphatic heterocycles. The van der Waals surface area contributed by atoms with Gasteiger partial charge in [0.05, 0.1) is 12.3 Å². The summed E-state index contributed by atoms with van der Waals surface area (Å²) < 4.78 is 26.3. The SMILES string of the molecule is Cc1cnc(CNS(=O)(=O)Cc2ccc(Cl)cc2)s1. The van der Waals surface area contributed by atoms with E-state index in [9.17, 15) is 8.42 Å². The van der Waals surface area contributed by atoms with Crippen LogP contribution in [0.15, 0.2) is 30.5 Å². The van der Waals surface area contributed by atoms with E-state index in [1.807, 2.05) is 6.92 Å². The Morgan fingerprint density at radius 3 is 2.58 bits per heavy atom. The van der Waals surface area contributed by atoms with Crippen molar-refractivity contribution in [2.75, 3.05) is 0 Å². The highest BCUT2D eigenvalue weighted by molar-refractivity contribution is 7.88. The minimum Gasteiger partial charge on any atom is -0.248 e. The molecule has 2 aromatic rings. The van der Waals surface area contributed by atoms with Crippen molar-refractivity contribution in [2.24, 2.45) is 0 Å². The molecule has 0 atom stereocenters. The van der Waals surface area contributed by atoms with Crippen molar-refractivity contribution in [3.8, 4) is 0 Å². The van der Waals surface area contributed by atoms with Crippen molar-refractivity contribution in [1.82, 2.24) is 9.71 Å². The van der Waals surface area contributed by atoms with E-state index in [4.69, 9.17) is 11.6 Å². The van der Waals surface area contributed by atoms with Crippen molar-refractivity contribution in [2.45, 2.75) is 19.2 Å². The van der Waals surface area contributed by atoms with Gasteiger partial charge in [0.1, 0.15) is 5.01 Å². The lowest BCUT2D eigenvalue weighted by Crippen LogP contribution is -2.24. The number of halogens is 1. The maximum absolute atomic E-state index is 11.9. The minimum atomic E-state index is -3.36. The molecule has 2 rings (SSSR count). The monoisotopic (exact) mass is 316 g/mol. The first-order chi connectivity index (χ1) is 8.94. The zero-order chi connectivity index (χ0) is 13.9. The molecule has 0 spiro atoms. The summed E-state index contributed by atoms with van der Waals surface area (Å²) in [6.07, 6.45) is 1.73. The fraction of sp³-hybridized carbons (Fsp3) is 0.250. The number of aromatic nitrogens is 1. The molecule has 0 aliphatic carbocycles. The van der Waals surface area contributed by atoms with Gasteiger partial charge in [-0.25, -0.2) is 18.1 Å².